The highest BCUT2D eigenvalue weighted by Crippen LogP contribution is 2.42. The molecule has 0 atom stereocenters. The zero-order valence-corrected chi connectivity index (χ0v) is 26.8. The molecule has 6 rings (SSSR count). The number of carbonyl (C=O) groups is 2. The summed E-state index contributed by atoms with van der Waals surface area (Å²) in [4.78, 5) is 37.4. The molecular weight excluding hydrogens is 624 g/mol. The molecule has 48 heavy (non-hydrogen) atoms. The van der Waals surface area contributed by atoms with Gasteiger partial charge in [0.05, 0.1) is 75.9 Å². The Morgan fingerprint density at radius 2 is 0.854 bits per heavy atom. The first kappa shape index (κ1) is 32.9. The maximum atomic E-state index is 11.1. The number of nitrogens with zero attached hydrogens (tertiary/aromatic N) is 2. The normalized spacial score (nSPS) is 10.6. The molecule has 14 heteroatoms. The van der Waals surface area contributed by atoms with Crippen LogP contribution in [-0.2, 0) is 0 Å². The molecule has 2 heterocycles. The van der Waals surface area contributed by atoms with E-state index in [1.54, 1.807) is 77.0 Å². The molecule has 0 spiro atoms. The fraction of sp³-hybridized carbons (Fsp3) is 0.176. The largest absolute Gasteiger partial charge is 0.493 e. The molecule has 0 fully saturated rings. The van der Waals surface area contributed by atoms with Crippen LogP contribution < -0.4 is 28.4 Å². The summed E-state index contributed by atoms with van der Waals surface area (Å²) in [6, 6.07) is 16.6. The third-order valence-corrected chi connectivity index (χ3v) is 7.33. The number of carboxylic acid groups (broad SMARTS) is 2. The molecule has 0 saturated carbocycles. The number of ether oxygens (including phenoxy) is 6. The third kappa shape index (κ3) is 6.44. The van der Waals surface area contributed by atoms with Crippen molar-refractivity contribution in [1.82, 2.24) is 19.9 Å². The maximum absolute atomic E-state index is 11.1. The van der Waals surface area contributed by atoms with E-state index in [0.717, 1.165) is 11.1 Å². The predicted molar refractivity (Wildman–Crippen MR) is 176 cm³/mol. The number of H-pyrrole nitrogens is 2. The predicted octanol–water partition coefficient (Wildman–Crippen LogP) is 5.91. The number of benzene rings is 4. The van der Waals surface area contributed by atoms with Crippen molar-refractivity contribution in [2.24, 2.45) is 0 Å². The Kier molecular flexibility index (Phi) is 9.54. The molecule has 4 N–H and O–H groups in total. The highest BCUT2D eigenvalue weighted by Gasteiger charge is 2.18. The monoisotopic (exact) mass is 656 g/mol. The van der Waals surface area contributed by atoms with E-state index in [1.807, 2.05) is 0 Å². The zero-order chi connectivity index (χ0) is 34.5. The van der Waals surface area contributed by atoms with E-state index in [2.05, 4.69) is 19.9 Å². The summed E-state index contributed by atoms with van der Waals surface area (Å²) in [5, 5.41) is 18.2. The minimum absolute atomic E-state index is 0.197. The zero-order valence-electron chi connectivity index (χ0n) is 26.8. The molecule has 0 aliphatic carbocycles. The second kappa shape index (κ2) is 13.9. The number of imidazole rings is 2. The topological polar surface area (TPSA) is 187 Å². The molecule has 0 saturated heterocycles. The molecule has 248 valence electrons. The Hall–Kier alpha value is -6.44. The van der Waals surface area contributed by atoms with E-state index in [1.165, 1.54) is 26.4 Å². The van der Waals surface area contributed by atoms with Gasteiger partial charge >= 0.3 is 11.9 Å². The Balaban J connectivity index is 0.000000188. The number of aromatic nitrogens is 4. The van der Waals surface area contributed by atoms with Crippen molar-refractivity contribution in [3.63, 3.8) is 0 Å². The molecule has 0 unspecified atom stereocenters. The van der Waals surface area contributed by atoms with Gasteiger partial charge in [-0.1, -0.05) is 0 Å². The van der Waals surface area contributed by atoms with Crippen LogP contribution in [0.5, 0.6) is 34.5 Å². The van der Waals surface area contributed by atoms with Crippen molar-refractivity contribution in [2.45, 2.75) is 0 Å². The summed E-state index contributed by atoms with van der Waals surface area (Å²) in [7, 11) is 9.23. The van der Waals surface area contributed by atoms with Crippen molar-refractivity contribution in [1.29, 1.82) is 0 Å². The van der Waals surface area contributed by atoms with E-state index in [4.69, 9.17) is 38.6 Å². The fourth-order valence-electron chi connectivity index (χ4n) is 4.99. The average molecular weight is 657 g/mol. The van der Waals surface area contributed by atoms with Gasteiger partial charge in [-0.2, -0.15) is 0 Å². The van der Waals surface area contributed by atoms with Gasteiger partial charge in [-0.15, -0.1) is 0 Å². The fourth-order valence-corrected chi connectivity index (χ4v) is 4.99. The lowest BCUT2D eigenvalue weighted by molar-refractivity contribution is 0.0686. The third-order valence-electron chi connectivity index (χ3n) is 7.33. The van der Waals surface area contributed by atoms with Crippen LogP contribution in [0.25, 0.3) is 44.8 Å². The SMILES string of the molecule is COc1cc(-c2nc3ccc(C(=O)O)cc3[nH]2)cc(OC)c1OC.COc1cc(-c2nc3ccc(C(=O)O)cc3[nH]2)cc(OC)c1OC. The van der Waals surface area contributed by atoms with Gasteiger partial charge in [-0.3, -0.25) is 0 Å². The highest BCUT2D eigenvalue weighted by molar-refractivity contribution is 5.94. The van der Waals surface area contributed by atoms with Gasteiger partial charge in [0.2, 0.25) is 11.5 Å². The van der Waals surface area contributed by atoms with Gasteiger partial charge in [0, 0.05) is 11.1 Å². The van der Waals surface area contributed by atoms with Crippen molar-refractivity contribution < 1.29 is 48.2 Å². The van der Waals surface area contributed by atoms with Crippen molar-refractivity contribution >= 4 is 34.0 Å². The van der Waals surface area contributed by atoms with Gasteiger partial charge in [0.25, 0.3) is 0 Å². The Labute approximate surface area is 273 Å². The van der Waals surface area contributed by atoms with E-state index in [0.29, 0.717) is 68.2 Å². The number of hydrogen-bond acceptors (Lipinski definition) is 10. The maximum Gasteiger partial charge on any atom is 0.335 e. The van der Waals surface area contributed by atoms with Crippen LogP contribution in [0, 0.1) is 0 Å². The van der Waals surface area contributed by atoms with Crippen LogP contribution in [0.15, 0.2) is 60.7 Å². The minimum Gasteiger partial charge on any atom is -0.493 e. The van der Waals surface area contributed by atoms with Crippen molar-refractivity contribution in [2.75, 3.05) is 42.7 Å². The van der Waals surface area contributed by atoms with Crippen LogP contribution >= 0.6 is 0 Å². The Morgan fingerprint density at radius 1 is 0.521 bits per heavy atom. The molecule has 0 bridgehead atoms. The standard InChI is InChI=1S/2C17H16N2O5/c2*1-22-13-7-10(8-14(23-2)15(13)24-3)16-18-11-5-4-9(17(20)21)6-12(11)19-16/h2*4-8H,1-3H3,(H,18,19)(H,20,21). The van der Waals surface area contributed by atoms with Crippen molar-refractivity contribution in [3.05, 3.63) is 71.8 Å². The van der Waals surface area contributed by atoms with Crippen LogP contribution in [-0.4, -0.2) is 84.7 Å². The molecule has 0 aliphatic rings. The number of nitrogens with one attached hydrogen (secondary N) is 2. The van der Waals surface area contributed by atoms with Gasteiger partial charge in [-0.25, -0.2) is 19.6 Å². The van der Waals surface area contributed by atoms with Crippen molar-refractivity contribution in [3.8, 4) is 57.3 Å². The summed E-state index contributed by atoms with van der Waals surface area (Å²) < 4.78 is 32.0. The number of hydrogen-bond donors (Lipinski definition) is 4. The van der Waals surface area contributed by atoms with E-state index in [-0.39, 0.29) is 11.1 Å². The number of methoxy groups -OCH3 is 6. The van der Waals surface area contributed by atoms with Gasteiger partial charge < -0.3 is 48.6 Å². The highest BCUT2D eigenvalue weighted by atomic mass is 16.5. The quantitative estimate of drug-likeness (QED) is 0.137. The van der Waals surface area contributed by atoms with E-state index < -0.39 is 11.9 Å². The molecule has 14 nitrogen and oxygen atoms in total. The number of fused-ring (bicyclic) bond motifs is 2. The van der Waals surface area contributed by atoms with Crippen LogP contribution in [0.3, 0.4) is 0 Å². The first-order valence-corrected chi connectivity index (χ1v) is 14.2. The minimum atomic E-state index is -0.985. The van der Waals surface area contributed by atoms with Crippen LogP contribution in [0.4, 0.5) is 0 Å². The lowest BCUT2D eigenvalue weighted by Gasteiger charge is -2.13. The average Bonchev–Trinajstić information content (AvgIpc) is 3.74. The lowest BCUT2D eigenvalue weighted by atomic mass is 10.1. The molecule has 0 radical (unpaired) electrons. The summed E-state index contributed by atoms with van der Waals surface area (Å²) in [6.07, 6.45) is 0. The molecular formula is C34H32N4O10. The summed E-state index contributed by atoms with van der Waals surface area (Å²) in [5.74, 6) is 2.22. The smallest absolute Gasteiger partial charge is 0.335 e. The molecule has 0 amide bonds. The first-order valence-electron chi connectivity index (χ1n) is 14.2. The molecule has 2 aromatic heterocycles. The summed E-state index contributed by atoms with van der Waals surface area (Å²) in [6.45, 7) is 0. The second-order valence-electron chi connectivity index (χ2n) is 10.1. The lowest BCUT2D eigenvalue weighted by Crippen LogP contribution is -1.96. The summed E-state index contributed by atoms with van der Waals surface area (Å²) >= 11 is 0. The number of aromatic amines is 2. The Morgan fingerprint density at radius 3 is 1.12 bits per heavy atom. The van der Waals surface area contributed by atoms with Crippen LogP contribution in [0.2, 0.25) is 0 Å². The van der Waals surface area contributed by atoms with Crippen LogP contribution in [0.1, 0.15) is 20.7 Å². The van der Waals surface area contributed by atoms with Gasteiger partial charge in [0.15, 0.2) is 23.0 Å². The molecule has 6 aromatic rings. The first-order chi connectivity index (χ1) is 23.1. The number of aromatic carboxylic acids is 2. The summed E-state index contributed by atoms with van der Waals surface area (Å²) in [5.41, 5.74) is 4.48. The van der Waals surface area contributed by atoms with E-state index >= 15 is 0 Å². The number of carboxylic acids is 2. The van der Waals surface area contributed by atoms with Gasteiger partial charge in [-0.05, 0) is 60.7 Å². The number of rotatable bonds is 10. The van der Waals surface area contributed by atoms with Gasteiger partial charge in [0.1, 0.15) is 11.6 Å². The Bertz CT molecular complexity index is 1930. The molecule has 4 aromatic carbocycles. The molecule has 0 aliphatic heterocycles. The van der Waals surface area contributed by atoms with E-state index in [9.17, 15) is 9.59 Å². The second-order valence-corrected chi connectivity index (χ2v) is 10.1.